The SMILES string of the molecule is COC1CCC(NC(=O)N2CCCCN3[C@H](CN4CCC4)[C@H](C4CCC(C#CC5CCCCC5)CC4)[C@@H]3C2)CC1. The number of urea groups is 1. The normalized spacial score (nSPS) is 38.0. The van der Waals surface area contributed by atoms with Gasteiger partial charge in [-0.05, 0) is 115 Å². The molecule has 2 amide bonds. The van der Waals surface area contributed by atoms with Crippen molar-refractivity contribution in [1.82, 2.24) is 20.0 Å². The third-order valence-corrected chi connectivity index (χ3v) is 11.7. The second-order valence-corrected chi connectivity index (χ2v) is 14.2. The Hall–Kier alpha value is -1.29. The minimum Gasteiger partial charge on any atom is -0.381 e. The lowest BCUT2D eigenvalue weighted by molar-refractivity contribution is -0.120. The molecule has 0 radical (unpaired) electrons. The van der Waals surface area contributed by atoms with Crippen LogP contribution in [0.1, 0.15) is 103 Å². The van der Waals surface area contributed by atoms with Crippen molar-refractivity contribution in [2.24, 2.45) is 23.7 Å². The van der Waals surface area contributed by atoms with Crippen LogP contribution in [0.3, 0.4) is 0 Å². The highest BCUT2D eigenvalue weighted by Crippen LogP contribution is 2.46. The van der Waals surface area contributed by atoms with Crippen molar-refractivity contribution < 1.29 is 9.53 Å². The monoisotopic (exact) mass is 552 g/mol. The fraction of sp³-hybridized carbons (Fsp3) is 0.912. The van der Waals surface area contributed by atoms with E-state index in [4.69, 9.17) is 4.74 Å². The molecule has 3 heterocycles. The topological polar surface area (TPSA) is 48.1 Å². The van der Waals surface area contributed by atoms with E-state index in [9.17, 15) is 4.79 Å². The number of amides is 2. The summed E-state index contributed by atoms with van der Waals surface area (Å²) in [4.78, 5) is 21.3. The standard InChI is InChI=1S/C34H56N4O2/c1-40-30-18-16-29(17-19-30)35-34(39)37-22-5-6-23-38-31(24-36-20-7-21-36)33(32(38)25-37)28-14-12-27(13-15-28)11-10-26-8-3-2-4-9-26/h26-33H,2-9,12-25H2,1H3,(H,35,39)/t27?,28?,29?,30?,31-,32+,33+/m1/s1. The number of carbonyl (C=O) groups is 1. The maximum atomic E-state index is 13.5. The maximum absolute atomic E-state index is 13.5. The first-order valence-electron chi connectivity index (χ1n) is 17.3. The van der Waals surface area contributed by atoms with Crippen molar-refractivity contribution in [2.75, 3.05) is 46.4 Å². The van der Waals surface area contributed by atoms with Gasteiger partial charge in [0.25, 0.3) is 0 Å². The third kappa shape index (κ3) is 6.84. The molecule has 1 N–H and O–H groups in total. The highest BCUT2D eigenvalue weighted by molar-refractivity contribution is 5.74. The van der Waals surface area contributed by atoms with Gasteiger partial charge in [-0.2, -0.15) is 0 Å². The summed E-state index contributed by atoms with van der Waals surface area (Å²) in [7, 11) is 1.82. The predicted octanol–water partition coefficient (Wildman–Crippen LogP) is 5.51. The van der Waals surface area contributed by atoms with Gasteiger partial charge in [-0.3, -0.25) is 4.90 Å². The molecule has 3 atom stereocenters. The van der Waals surface area contributed by atoms with Crippen LogP contribution in [0.25, 0.3) is 0 Å². The first-order valence-corrected chi connectivity index (χ1v) is 17.3. The minimum absolute atomic E-state index is 0.189. The van der Waals surface area contributed by atoms with Crippen molar-refractivity contribution in [3.8, 4) is 11.8 Å². The summed E-state index contributed by atoms with van der Waals surface area (Å²) in [6, 6.07) is 1.72. The van der Waals surface area contributed by atoms with E-state index in [1.807, 2.05) is 7.11 Å². The quantitative estimate of drug-likeness (QED) is 0.457. The van der Waals surface area contributed by atoms with Crippen molar-refractivity contribution >= 4 is 6.03 Å². The second kappa shape index (κ2) is 13.8. The van der Waals surface area contributed by atoms with Crippen molar-refractivity contribution in [3.63, 3.8) is 0 Å². The Morgan fingerprint density at radius 2 is 1.48 bits per heavy atom. The number of hydrogen-bond donors (Lipinski definition) is 1. The number of nitrogens with zero attached hydrogens (tertiary/aromatic N) is 3. The molecule has 0 unspecified atom stereocenters. The van der Waals surface area contributed by atoms with E-state index < -0.39 is 0 Å². The van der Waals surface area contributed by atoms with E-state index in [1.165, 1.54) is 96.8 Å². The number of nitrogens with one attached hydrogen (secondary N) is 1. The average Bonchev–Trinajstić information content (AvgIpc) is 2.95. The molecule has 6 nitrogen and oxygen atoms in total. The van der Waals surface area contributed by atoms with E-state index >= 15 is 0 Å². The molecule has 3 saturated heterocycles. The molecular formula is C34H56N4O2. The minimum atomic E-state index is 0.189. The summed E-state index contributed by atoms with van der Waals surface area (Å²) in [6.07, 6.45) is 20.4. The van der Waals surface area contributed by atoms with Gasteiger partial charge in [0.15, 0.2) is 0 Å². The first-order chi connectivity index (χ1) is 19.7. The van der Waals surface area contributed by atoms with E-state index in [2.05, 4.69) is 31.9 Å². The Balaban J connectivity index is 1.08. The molecule has 0 spiro atoms. The maximum Gasteiger partial charge on any atom is 0.317 e. The van der Waals surface area contributed by atoms with Gasteiger partial charge >= 0.3 is 6.03 Å². The number of fused-ring (bicyclic) bond motifs is 1. The number of carbonyl (C=O) groups excluding carboxylic acids is 1. The number of rotatable bonds is 5. The second-order valence-electron chi connectivity index (χ2n) is 14.2. The number of ether oxygens (including phenoxy) is 1. The van der Waals surface area contributed by atoms with Crippen LogP contribution in [-0.4, -0.2) is 91.3 Å². The Bertz CT molecular complexity index is 874. The molecule has 6 rings (SSSR count). The predicted molar refractivity (Wildman–Crippen MR) is 161 cm³/mol. The van der Waals surface area contributed by atoms with E-state index in [1.54, 1.807) is 0 Å². The van der Waals surface area contributed by atoms with Crippen LogP contribution in [0, 0.1) is 35.5 Å². The van der Waals surface area contributed by atoms with Gasteiger partial charge in [0, 0.05) is 56.7 Å². The average molecular weight is 553 g/mol. The van der Waals surface area contributed by atoms with Gasteiger partial charge < -0.3 is 19.9 Å². The zero-order chi connectivity index (χ0) is 27.3. The summed E-state index contributed by atoms with van der Waals surface area (Å²) in [5, 5.41) is 3.43. The molecule has 3 aliphatic heterocycles. The van der Waals surface area contributed by atoms with Gasteiger partial charge in [-0.1, -0.05) is 31.1 Å². The zero-order valence-corrected chi connectivity index (χ0v) is 25.3. The van der Waals surface area contributed by atoms with E-state index in [0.29, 0.717) is 36.1 Å². The summed E-state index contributed by atoms with van der Waals surface area (Å²) >= 11 is 0. The highest BCUT2D eigenvalue weighted by Gasteiger charge is 2.53. The molecule has 6 fully saturated rings. The molecule has 0 aromatic rings. The summed E-state index contributed by atoms with van der Waals surface area (Å²) < 4.78 is 5.55. The smallest absolute Gasteiger partial charge is 0.317 e. The summed E-state index contributed by atoms with van der Waals surface area (Å²) in [6.45, 7) is 6.87. The van der Waals surface area contributed by atoms with Crippen LogP contribution in [0.2, 0.25) is 0 Å². The van der Waals surface area contributed by atoms with Gasteiger partial charge in [-0.25, -0.2) is 4.79 Å². The van der Waals surface area contributed by atoms with E-state index in [0.717, 1.165) is 57.0 Å². The molecule has 6 aliphatic rings. The number of hydrogen-bond acceptors (Lipinski definition) is 4. The van der Waals surface area contributed by atoms with Gasteiger partial charge in [-0.15, -0.1) is 0 Å². The van der Waals surface area contributed by atoms with Gasteiger partial charge in [0.1, 0.15) is 0 Å². The van der Waals surface area contributed by atoms with Crippen LogP contribution in [0.5, 0.6) is 0 Å². The molecule has 0 aromatic heterocycles. The highest BCUT2D eigenvalue weighted by atomic mass is 16.5. The molecule has 40 heavy (non-hydrogen) atoms. The molecule has 3 aliphatic carbocycles. The van der Waals surface area contributed by atoms with Gasteiger partial charge in [0.2, 0.25) is 0 Å². The Morgan fingerprint density at radius 3 is 2.15 bits per heavy atom. The Morgan fingerprint density at radius 1 is 0.775 bits per heavy atom. The fourth-order valence-corrected chi connectivity index (χ4v) is 9.02. The van der Waals surface area contributed by atoms with E-state index in [-0.39, 0.29) is 6.03 Å². The third-order valence-electron chi connectivity index (χ3n) is 11.7. The first kappa shape index (κ1) is 28.8. The molecular weight excluding hydrogens is 496 g/mol. The van der Waals surface area contributed by atoms with Gasteiger partial charge in [0.05, 0.1) is 6.10 Å². The largest absolute Gasteiger partial charge is 0.381 e. The van der Waals surface area contributed by atoms with Crippen LogP contribution in [-0.2, 0) is 4.74 Å². The number of likely N-dealkylation sites (tertiary alicyclic amines) is 1. The van der Waals surface area contributed by atoms with Crippen molar-refractivity contribution in [1.29, 1.82) is 0 Å². The van der Waals surface area contributed by atoms with Crippen LogP contribution < -0.4 is 5.32 Å². The number of methoxy groups -OCH3 is 1. The molecule has 0 bridgehead atoms. The molecule has 6 heteroatoms. The lowest BCUT2D eigenvalue weighted by Gasteiger charge is -2.61. The molecule has 3 saturated carbocycles. The van der Waals surface area contributed by atoms with Crippen molar-refractivity contribution in [2.45, 2.75) is 127 Å². The molecule has 224 valence electrons. The Kier molecular flexibility index (Phi) is 9.93. The van der Waals surface area contributed by atoms with Crippen LogP contribution >= 0.6 is 0 Å². The summed E-state index contributed by atoms with van der Waals surface area (Å²) in [5.41, 5.74) is 0. The van der Waals surface area contributed by atoms with Crippen LogP contribution in [0.15, 0.2) is 0 Å². The fourth-order valence-electron chi connectivity index (χ4n) is 9.02. The Labute approximate surface area is 244 Å². The lowest BCUT2D eigenvalue weighted by Crippen LogP contribution is -2.73. The van der Waals surface area contributed by atoms with Crippen LogP contribution in [0.4, 0.5) is 4.79 Å². The lowest BCUT2D eigenvalue weighted by atomic mass is 9.64. The van der Waals surface area contributed by atoms with Crippen molar-refractivity contribution in [3.05, 3.63) is 0 Å². The molecule has 0 aromatic carbocycles. The summed E-state index contributed by atoms with van der Waals surface area (Å²) in [5.74, 6) is 10.3. The zero-order valence-electron chi connectivity index (χ0n) is 25.3.